The van der Waals surface area contributed by atoms with E-state index < -0.39 is 5.97 Å². The van der Waals surface area contributed by atoms with Crippen molar-refractivity contribution >= 4 is 28.9 Å². The molecular formula is C24H20N4O3S. The van der Waals surface area contributed by atoms with Crippen molar-refractivity contribution < 1.29 is 14.6 Å². The van der Waals surface area contributed by atoms with Crippen molar-refractivity contribution in [1.29, 1.82) is 0 Å². The van der Waals surface area contributed by atoms with Crippen molar-refractivity contribution in [2.24, 2.45) is 0 Å². The van der Waals surface area contributed by atoms with Crippen LogP contribution in [0.1, 0.15) is 39.8 Å². The van der Waals surface area contributed by atoms with Gasteiger partial charge in [-0.05, 0) is 37.5 Å². The molecule has 0 amide bonds. The van der Waals surface area contributed by atoms with Crippen LogP contribution in [0.3, 0.4) is 0 Å². The maximum absolute atomic E-state index is 11.4. The lowest BCUT2D eigenvalue weighted by atomic mass is 10.2. The lowest BCUT2D eigenvalue weighted by Gasteiger charge is -2.09. The number of carbonyl (C=O) groups is 1. The molecule has 3 aromatic heterocycles. The van der Waals surface area contributed by atoms with E-state index in [-0.39, 0.29) is 5.69 Å². The van der Waals surface area contributed by atoms with E-state index in [0.717, 1.165) is 21.3 Å². The molecule has 0 aliphatic heterocycles. The van der Waals surface area contributed by atoms with Gasteiger partial charge in [0.15, 0.2) is 5.69 Å². The van der Waals surface area contributed by atoms with E-state index in [1.54, 1.807) is 48.7 Å². The Kier molecular flexibility index (Phi) is 5.28. The first-order valence-corrected chi connectivity index (χ1v) is 11.1. The second kappa shape index (κ2) is 8.39. The predicted octanol–water partition coefficient (Wildman–Crippen LogP) is 6.02. The lowest BCUT2D eigenvalue weighted by molar-refractivity contribution is 0.0690. The van der Waals surface area contributed by atoms with Gasteiger partial charge in [-0.25, -0.2) is 19.7 Å². The highest BCUT2D eigenvalue weighted by molar-refractivity contribution is 7.14. The van der Waals surface area contributed by atoms with Crippen LogP contribution in [0, 0.1) is 6.92 Å². The van der Waals surface area contributed by atoms with Gasteiger partial charge in [0.25, 0.3) is 0 Å². The van der Waals surface area contributed by atoms with E-state index in [9.17, 15) is 9.90 Å². The van der Waals surface area contributed by atoms with E-state index in [2.05, 4.69) is 15.3 Å². The summed E-state index contributed by atoms with van der Waals surface area (Å²) in [5.41, 5.74) is 2.46. The Labute approximate surface area is 188 Å². The van der Waals surface area contributed by atoms with E-state index in [1.807, 2.05) is 30.3 Å². The number of benzene rings is 1. The van der Waals surface area contributed by atoms with E-state index in [1.165, 1.54) is 12.8 Å². The molecule has 1 saturated carbocycles. The van der Waals surface area contributed by atoms with Gasteiger partial charge in [-0.2, -0.15) is 0 Å². The molecule has 32 heavy (non-hydrogen) atoms. The lowest BCUT2D eigenvalue weighted by Crippen LogP contribution is -2.06. The van der Waals surface area contributed by atoms with Crippen molar-refractivity contribution in [3.05, 3.63) is 77.1 Å². The number of carboxylic acids is 1. The summed E-state index contributed by atoms with van der Waals surface area (Å²) in [6.45, 7) is 1.71. The molecule has 0 bridgehead atoms. The Hall–Kier alpha value is -3.78. The van der Waals surface area contributed by atoms with Gasteiger partial charge in [-0.1, -0.05) is 47.7 Å². The topological polar surface area (TPSA) is 97.2 Å². The van der Waals surface area contributed by atoms with Crippen LogP contribution >= 0.6 is 11.3 Å². The molecule has 0 atom stereocenters. The quantitative estimate of drug-likeness (QED) is 0.360. The van der Waals surface area contributed by atoms with Crippen LogP contribution in [-0.4, -0.2) is 26.0 Å². The highest BCUT2D eigenvalue weighted by atomic mass is 32.1. The molecular weight excluding hydrogens is 424 g/mol. The summed E-state index contributed by atoms with van der Waals surface area (Å²) in [6.07, 6.45) is 3.98. The van der Waals surface area contributed by atoms with Gasteiger partial charge in [0.05, 0.1) is 0 Å². The van der Waals surface area contributed by atoms with Gasteiger partial charge in [0.2, 0.25) is 5.06 Å². The number of thiazole rings is 1. The molecule has 0 unspecified atom stereocenters. The van der Waals surface area contributed by atoms with Crippen LogP contribution in [-0.2, 0) is 0 Å². The fraction of sp³-hybridized carbons (Fsp3) is 0.167. The molecule has 4 aromatic rings. The van der Waals surface area contributed by atoms with Crippen LogP contribution in [0.4, 0.5) is 11.6 Å². The first kappa shape index (κ1) is 20.1. The zero-order valence-electron chi connectivity index (χ0n) is 17.3. The fourth-order valence-electron chi connectivity index (χ4n) is 3.27. The number of nitrogens with one attached hydrogen (secondary N) is 1. The second-order valence-corrected chi connectivity index (χ2v) is 8.59. The molecule has 0 saturated heterocycles. The second-order valence-electron chi connectivity index (χ2n) is 7.60. The number of carboxylic acid groups (broad SMARTS) is 1. The van der Waals surface area contributed by atoms with Gasteiger partial charge in [-0.3, -0.25) is 0 Å². The molecule has 0 spiro atoms. The Bertz CT molecular complexity index is 1290. The van der Waals surface area contributed by atoms with Gasteiger partial charge in [-0.15, -0.1) is 0 Å². The zero-order chi connectivity index (χ0) is 22.1. The minimum Gasteiger partial charge on any atom is -0.477 e. The normalized spacial score (nSPS) is 13.0. The summed E-state index contributed by atoms with van der Waals surface area (Å²) >= 11 is 1.58. The molecule has 2 N–H and O–H groups in total. The highest BCUT2D eigenvalue weighted by Gasteiger charge is 2.29. The van der Waals surface area contributed by atoms with Crippen LogP contribution in [0.15, 0.2) is 60.8 Å². The number of ether oxygens (including phenoxy) is 1. The average Bonchev–Trinajstić information content (AvgIpc) is 3.56. The first-order chi connectivity index (χ1) is 15.6. The molecule has 8 heteroatoms. The van der Waals surface area contributed by atoms with Crippen molar-refractivity contribution in [3.8, 4) is 22.1 Å². The van der Waals surface area contributed by atoms with Crippen LogP contribution in [0.25, 0.3) is 11.3 Å². The zero-order valence-corrected chi connectivity index (χ0v) is 18.1. The molecule has 1 fully saturated rings. The minimum atomic E-state index is -1.07. The third-order valence-corrected chi connectivity index (χ3v) is 6.18. The van der Waals surface area contributed by atoms with Crippen molar-refractivity contribution in [2.75, 3.05) is 5.32 Å². The highest BCUT2D eigenvalue weighted by Crippen LogP contribution is 2.48. The molecule has 0 radical (unpaired) electrons. The Morgan fingerprint density at radius 2 is 1.91 bits per heavy atom. The SMILES string of the molecule is Cc1ccc(Nc2cc(Oc3sc(C4CC4)nc3-c3ccccc3)ccn2)nc1C(=O)O. The summed E-state index contributed by atoms with van der Waals surface area (Å²) < 4.78 is 6.24. The largest absolute Gasteiger partial charge is 0.477 e. The van der Waals surface area contributed by atoms with E-state index in [4.69, 9.17) is 9.72 Å². The van der Waals surface area contributed by atoms with Gasteiger partial charge < -0.3 is 15.2 Å². The van der Waals surface area contributed by atoms with Crippen molar-refractivity contribution in [2.45, 2.75) is 25.7 Å². The van der Waals surface area contributed by atoms with Crippen LogP contribution in [0.5, 0.6) is 10.8 Å². The third kappa shape index (κ3) is 4.31. The van der Waals surface area contributed by atoms with Crippen LogP contribution < -0.4 is 10.1 Å². The average molecular weight is 445 g/mol. The Morgan fingerprint density at radius 3 is 2.66 bits per heavy atom. The number of rotatable bonds is 7. The standard InChI is InChI=1S/C24H20N4O3S/c1-14-7-10-18(27-20(14)23(29)30)26-19-13-17(11-12-25-19)31-24-21(15-5-3-2-4-6-15)28-22(32-24)16-8-9-16/h2-7,10-13,16H,8-9H2,1H3,(H,29,30)(H,25,26,27). The number of anilines is 2. The van der Waals surface area contributed by atoms with Crippen molar-refractivity contribution in [1.82, 2.24) is 15.0 Å². The number of pyridine rings is 2. The summed E-state index contributed by atoms with van der Waals surface area (Å²) in [6, 6.07) is 17.0. The molecule has 1 aromatic carbocycles. The maximum atomic E-state index is 11.4. The third-order valence-electron chi connectivity index (χ3n) is 5.08. The number of aryl methyl sites for hydroxylation is 1. The number of nitrogens with zero attached hydrogens (tertiary/aromatic N) is 3. The smallest absolute Gasteiger partial charge is 0.354 e. The molecule has 1 aliphatic rings. The van der Waals surface area contributed by atoms with Gasteiger partial charge in [0, 0.05) is 23.7 Å². The first-order valence-electron chi connectivity index (χ1n) is 10.2. The summed E-state index contributed by atoms with van der Waals surface area (Å²) in [7, 11) is 0. The number of aromatic carboxylic acids is 1. The summed E-state index contributed by atoms with van der Waals surface area (Å²) in [4.78, 5) is 24.7. The summed E-state index contributed by atoms with van der Waals surface area (Å²) in [5, 5.41) is 14.2. The Morgan fingerprint density at radius 1 is 1.09 bits per heavy atom. The maximum Gasteiger partial charge on any atom is 0.354 e. The molecule has 5 rings (SSSR count). The van der Waals surface area contributed by atoms with Crippen LogP contribution in [0.2, 0.25) is 0 Å². The predicted molar refractivity (Wildman–Crippen MR) is 123 cm³/mol. The molecule has 3 heterocycles. The molecule has 7 nitrogen and oxygen atoms in total. The monoisotopic (exact) mass is 444 g/mol. The van der Waals surface area contributed by atoms with E-state index in [0.29, 0.717) is 28.9 Å². The number of hydrogen-bond donors (Lipinski definition) is 2. The summed E-state index contributed by atoms with van der Waals surface area (Å²) in [5.74, 6) is 0.975. The van der Waals surface area contributed by atoms with E-state index >= 15 is 0 Å². The Balaban J connectivity index is 1.41. The fourth-order valence-corrected chi connectivity index (χ4v) is 4.40. The minimum absolute atomic E-state index is 0.00664. The molecule has 1 aliphatic carbocycles. The number of hydrogen-bond acceptors (Lipinski definition) is 7. The number of aromatic nitrogens is 3. The van der Waals surface area contributed by atoms with Gasteiger partial charge >= 0.3 is 5.97 Å². The van der Waals surface area contributed by atoms with Crippen molar-refractivity contribution in [3.63, 3.8) is 0 Å². The molecule has 160 valence electrons. The van der Waals surface area contributed by atoms with Gasteiger partial charge in [0.1, 0.15) is 28.1 Å².